The largest absolute Gasteiger partial charge is 0.444 e. The van der Waals surface area contributed by atoms with Crippen LogP contribution in [0.3, 0.4) is 0 Å². The van der Waals surface area contributed by atoms with E-state index >= 15 is 0 Å². The van der Waals surface area contributed by atoms with Crippen LogP contribution in [0.4, 0.5) is 4.79 Å². The van der Waals surface area contributed by atoms with E-state index in [0.717, 1.165) is 31.2 Å². The van der Waals surface area contributed by atoms with Crippen LogP contribution in [-0.4, -0.2) is 58.2 Å². The van der Waals surface area contributed by atoms with Gasteiger partial charge < -0.3 is 25.4 Å². The van der Waals surface area contributed by atoms with E-state index in [1.165, 1.54) is 4.90 Å². The van der Waals surface area contributed by atoms with Gasteiger partial charge in [-0.25, -0.2) is 4.79 Å². The molecule has 36 heavy (non-hydrogen) atoms. The molecule has 2 atom stereocenters. The van der Waals surface area contributed by atoms with Crippen LogP contribution in [0.5, 0.6) is 0 Å². The lowest BCUT2D eigenvalue weighted by molar-refractivity contribution is -0.150. The Bertz CT molecular complexity index is 846. The van der Waals surface area contributed by atoms with Crippen LogP contribution in [0.1, 0.15) is 98.2 Å². The molecule has 204 valence electrons. The maximum absolute atomic E-state index is 13.9. The van der Waals surface area contributed by atoms with E-state index in [1.807, 2.05) is 45.0 Å². The Labute approximate surface area is 217 Å². The third-order valence-electron chi connectivity index (χ3n) is 6.22. The number of amides is 3. The maximum Gasteiger partial charge on any atom is 0.408 e. The van der Waals surface area contributed by atoms with Crippen molar-refractivity contribution < 1.29 is 24.2 Å². The fraction of sp³-hybridized carbons (Fsp3) is 0.679. The second-order valence-electron chi connectivity index (χ2n) is 10.8. The number of aliphatic hydroxyl groups excluding tert-OH is 1. The molecule has 0 aliphatic carbocycles. The molecule has 8 nitrogen and oxygen atoms in total. The van der Waals surface area contributed by atoms with E-state index in [0.29, 0.717) is 18.5 Å². The predicted octanol–water partition coefficient (Wildman–Crippen LogP) is 4.50. The molecule has 0 heterocycles. The molecular formula is C28H47N3O5. The zero-order chi connectivity index (χ0) is 27.5. The molecule has 2 unspecified atom stereocenters. The lowest BCUT2D eigenvalue weighted by Crippen LogP contribution is -2.60. The number of carbonyl (C=O) groups is 3. The van der Waals surface area contributed by atoms with Gasteiger partial charge in [0.15, 0.2) is 0 Å². The zero-order valence-corrected chi connectivity index (χ0v) is 23.4. The number of unbranched alkanes of at least 4 members (excludes halogenated alkanes) is 2. The van der Waals surface area contributed by atoms with Gasteiger partial charge in [-0.1, -0.05) is 57.9 Å². The second kappa shape index (κ2) is 14.2. The molecule has 0 saturated carbocycles. The van der Waals surface area contributed by atoms with Gasteiger partial charge in [0.05, 0.1) is 6.61 Å². The average molecular weight is 506 g/mol. The highest BCUT2D eigenvalue weighted by Gasteiger charge is 2.43. The van der Waals surface area contributed by atoms with Crippen molar-refractivity contribution in [2.75, 3.05) is 13.2 Å². The fourth-order valence-corrected chi connectivity index (χ4v) is 3.79. The average Bonchev–Trinajstić information content (AvgIpc) is 2.82. The van der Waals surface area contributed by atoms with Gasteiger partial charge in [0.25, 0.3) is 0 Å². The van der Waals surface area contributed by atoms with Crippen molar-refractivity contribution in [1.29, 1.82) is 0 Å². The van der Waals surface area contributed by atoms with Crippen LogP contribution < -0.4 is 10.6 Å². The summed E-state index contributed by atoms with van der Waals surface area (Å²) in [4.78, 5) is 41.5. The molecule has 0 radical (unpaired) electrons. The molecule has 3 N–H and O–H groups in total. The van der Waals surface area contributed by atoms with E-state index in [-0.39, 0.29) is 5.91 Å². The highest BCUT2D eigenvalue weighted by atomic mass is 16.6. The van der Waals surface area contributed by atoms with Gasteiger partial charge in [-0.3, -0.25) is 9.59 Å². The second-order valence-corrected chi connectivity index (χ2v) is 10.8. The lowest BCUT2D eigenvalue weighted by atomic mass is 9.91. The molecule has 0 bridgehead atoms. The molecule has 0 spiro atoms. The minimum Gasteiger partial charge on any atom is -0.444 e. The molecule has 1 aromatic rings. The summed E-state index contributed by atoms with van der Waals surface area (Å²) in [6, 6.07) is 5.45. The molecule has 3 amide bonds. The minimum absolute atomic E-state index is 0.292. The predicted molar refractivity (Wildman–Crippen MR) is 143 cm³/mol. The van der Waals surface area contributed by atoms with Crippen molar-refractivity contribution >= 4 is 17.9 Å². The molecule has 1 rings (SSSR count). The Morgan fingerprint density at radius 2 is 1.61 bits per heavy atom. The van der Waals surface area contributed by atoms with E-state index < -0.39 is 41.8 Å². The number of benzene rings is 1. The minimum atomic E-state index is -1.27. The van der Waals surface area contributed by atoms with Crippen molar-refractivity contribution in [1.82, 2.24) is 15.5 Å². The first kappa shape index (κ1) is 31.4. The van der Waals surface area contributed by atoms with E-state index in [4.69, 9.17) is 4.74 Å². The fourth-order valence-electron chi connectivity index (χ4n) is 3.79. The number of rotatable bonds is 13. The monoisotopic (exact) mass is 505 g/mol. The molecule has 0 aromatic heterocycles. The highest BCUT2D eigenvalue weighted by Crippen LogP contribution is 2.32. The first-order valence-electron chi connectivity index (χ1n) is 13.1. The van der Waals surface area contributed by atoms with Gasteiger partial charge in [-0.05, 0) is 65.0 Å². The number of carbonyl (C=O) groups excluding carboxylic acids is 3. The number of hydrogen-bond acceptors (Lipinski definition) is 5. The van der Waals surface area contributed by atoms with Crippen LogP contribution >= 0.6 is 0 Å². The van der Waals surface area contributed by atoms with Gasteiger partial charge >= 0.3 is 6.09 Å². The van der Waals surface area contributed by atoms with Gasteiger partial charge in [0.2, 0.25) is 11.8 Å². The van der Waals surface area contributed by atoms with Gasteiger partial charge in [-0.15, -0.1) is 0 Å². The number of alkyl carbamates (subject to hydrolysis) is 1. The van der Waals surface area contributed by atoms with E-state index in [2.05, 4.69) is 24.5 Å². The van der Waals surface area contributed by atoms with Crippen LogP contribution in [0.15, 0.2) is 24.3 Å². The smallest absolute Gasteiger partial charge is 0.408 e. The molecule has 0 aliphatic rings. The first-order valence-corrected chi connectivity index (χ1v) is 13.1. The number of aliphatic hydroxyl groups is 1. The summed E-state index contributed by atoms with van der Waals surface area (Å²) in [5.41, 5.74) is 0.268. The summed E-state index contributed by atoms with van der Waals surface area (Å²) in [5.74, 6) is -0.845. The van der Waals surface area contributed by atoms with Gasteiger partial charge in [0.1, 0.15) is 17.7 Å². The Morgan fingerprint density at radius 1 is 1.00 bits per heavy atom. The quantitative estimate of drug-likeness (QED) is 0.342. The normalized spacial score (nSPS) is 13.5. The Hall–Kier alpha value is -2.61. The van der Waals surface area contributed by atoms with Crippen molar-refractivity contribution in [2.45, 2.75) is 111 Å². The van der Waals surface area contributed by atoms with E-state index in [9.17, 15) is 19.5 Å². The van der Waals surface area contributed by atoms with Crippen molar-refractivity contribution in [3.63, 3.8) is 0 Å². The SMILES string of the molecule is CCCCCNC(=O)C(c1ccc(CC)cc1)N(C(=O)C(CO)NC(=O)OC(C)(C)C)C(C)(C)CC. The summed E-state index contributed by atoms with van der Waals surface area (Å²) in [6.45, 7) is 14.9. The Kier molecular flexibility index (Phi) is 12.4. The van der Waals surface area contributed by atoms with Crippen LogP contribution in [0.2, 0.25) is 0 Å². The molecular weight excluding hydrogens is 458 g/mol. The molecule has 0 fully saturated rings. The highest BCUT2D eigenvalue weighted by molar-refractivity contribution is 5.92. The summed E-state index contributed by atoms with van der Waals surface area (Å²) >= 11 is 0. The number of hydrogen-bond donors (Lipinski definition) is 3. The summed E-state index contributed by atoms with van der Waals surface area (Å²) < 4.78 is 5.29. The van der Waals surface area contributed by atoms with Crippen molar-refractivity contribution in [3.05, 3.63) is 35.4 Å². The Morgan fingerprint density at radius 3 is 2.08 bits per heavy atom. The van der Waals surface area contributed by atoms with Crippen LogP contribution in [-0.2, 0) is 20.7 Å². The third-order valence-corrected chi connectivity index (χ3v) is 6.22. The molecule has 8 heteroatoms. The van der Waals surface area contributed by atoms with Gasteiger partial charge in [0, 0.05) is 12.1 Å². The van der Waals surface area contributed by atoms with Crippen LogP contribution in [0.25, 0.3) is 0 Å². The summed E-state index contributed by atoms with van der Waals surface area (Å²) in [6.07, 6.45) is 3.45. The topological polar surface area (TPSA) is 108 Å². The molecule has 0 aliphatic heterocycles. The Balaban J connectivity index is 3.47. The van der Waals surface area contributed by atoms with E-state index in [1.54, 1.807) is 20.8 Å². The number of nitrogens with zero attached hydrogens (tertiary/aromatic N) is 1. The van der Waals surface area contributed by atoms with Crippen molar-refractivity contribution in [2.24, 2.45) is 0 Å². The molecule has 1 aromatic carbocycles. The lowest BCUT2D eigenvalue weighted by Gasteiger charge is -2.44. The molecule has 0 saturated heterocycles. The van der Waals surface area contributed by atoms with Crippen molar-refractivity contribution in [3.8, 4) is 0 Å². The third kappa shape index (κ3) is 9.45. The zero-order valence-electron chi connectivity index (χ0n) is 23.4. The maximum atomic E-state index is 13.9. The number of nitrogens with one attached hydrogen (secondary N) is 2. The number of ether oxygens (including phenoxy) is 1. The number of aryl methyl sites for hydroxylation is 1. The first-order chi connectivity index (χ1) is 16.8. The standard InChI is InChI=1S/C28H47N3O5/c1-9-12-13-18-29-24(33)23(21-16-14-20(10-2)15-17-21)31(28(7,8)11-3)25(34)22(19-32)30-26(35)36-27(4,5)6/h14-17,22-23,32H,9-13,18-19H2,1-8H3,(H,29,33)(H,30,35). The van der Waals surface area contributed by atoms with Gasteiger partial charge in [-0.2, -0.15) is 0 Å². The summed E-state index contributed by atoms with van der Waals surface area (Å²) in [5, 5.41) is 15.6. The van der Waals surface area contributed by atoms with Crippen LogP contribution in [0, 0.1) is 0 Å². The summed E-state index contributed by atoms with van der Waals surface area (Å²) in [7, 11) is 0.